The third kappa shape index (κ3) is 3.45. The second-order valence-corrected chi connectivity index (χ2v) is 5.57. The maximum absolute atomic E-state index is 12.1. The normalized spacial score (nSPS) is 10.1. The van der Waals surface area contributed by atoms with E-state index in [4.69, 9.17) is 11.6 Å². The number of carbonyl (C=O) groups is 1. The van der Waals surface area contributed by atoms with Crippen molar-refractivity contribution in [2.75, 3.05) is 5.32 Å². The number of hydrogen-bond donors (Lipinski definition) is 1. The molecule has 20 heavy (non-hydrogen) atoms. The van der Waals surface area contributed by atoms with Gasteiger partial charge in [0, 0.05) is 20.3 Å². The highest BCUT2D eigenvalue weighted by atomic mass is 127. The maximum Gasteiger partial charge on any atom is 0.283 e. The van der Waals surface area contributed by atoms with Gasteiger partial charge in [-0.05, 0) is 52.9 Å². The zero-order valence-corrected chi connectivity index (χ0v) is 12.9. The number of rotatable bonds is 3. The van der Waals surface area contributed by atoms with Crippen LogP contribution < -0.4 is 5.32 Å². The minimum atomic E-state index is -0.629. The first-order valence-electron chi connectivity index (χ1n) is 5.48. The van der Waals surface area contributed by atoms with E-state index in [-0.39, 0.29) is 16.3 Å². The van der Waals surface area contributed by atoms with Crippen molar-refractivity contribution in [2.45, 2.75) is 0 Å². The zero-order chi connectivity index (χ0) is 14.7. The number of nitro groups is 1. The number of hydrogen-bond acceptors (Lipinski definition) is 3. The highest BCUT2D eigenvalue weighted by Gasteiger charge is 2.20. The van der Waals surface area contributed by atoms with E-state index in [1.807, 2.05) is 6.07 Å². The van der Waals surface area contributed by atoms with E-state index in [2.05, 4.69) is 27.9 Å². The van der Waals surface area contributed by atoms with Crippen LogP contribution in [0.25, 0.3) is 0 Å². The predicted octanol–water partition coefficient (Wildman–Crippen LogP) is 4.11. The maximum atomic E-state index is 12.1. The zero-order valence-electron chi connectivity index (χ0n) is 9.97. The van der Waals surface area contributed by atoms with Crippen molar-refractivity contribution in [3.8, 4) is 0 Å². The van der Waals surface area contributed by atoms with E-state index in [0.29, 0.717) is 5.69 Å². The SMILES string of the molecule is O=C(Nc1cccc(I)c1)c1ccc(Cl)cc1[N+](=O)[O-]. The quantitative estimate of drug-likeness (QED) is 0.477. The molecule has 0 heterocycles. The molecule has 1 N–H and O–H groups in total. The molecule has 5 nitrogen and oxygen atoms in total. The summed E-state index contributed by atoms with van der Waals surface area (Å²) in [4.78, 5) is 22.4. The predicted molar refractivity (Wildman–Crippen MR) is 85.2 cm³/mol. The lowest BCUT2D eigenvalue weighted by molar-refractivity contribution is -0.385. The Kier molecular flexibility index (Phi) is 4.56. The number of carbonyl (C=O) groups excluding carboxylic acids is 1. The molecule has 0 aliphatic heterocycles. The Morgan fingerprint density at radius 2 is 2.00 bits per heavy atom. The molecule has 0 aromatic heterocycles. The molecular weight excluding hydrogens is 395 g/mol. The second kappa shape index (κ2) is 6.19. The first-order chi connectivity index (χ1) is 9.47. The fourth-order valence-corrected chi connectivity index (χ4v) is 2.32. The van der Waals surface area contributed by atoms with Gasteiger partial charge in [-0.3, -0.25) is 14.9 Å². The van der Waals surface area contributed by atoms with Crippen molar-refractivity contribution in [3.05, 3.63) is 66.7 Å². The van der Waals surface area contributed by atoms with E-state index >= 15 is 0 Å². The van der Waals surface area contributed by atoms with Gasteiger partial charge >= 0.3 is 0 Å². The molecule has 2 rings (SSSR count). The summed E-state index contributed by atoms with van der Waals surface area (Å²) in [5.74, 6) is -0.546. The summed E-state index contributed by atoms with van der Waals surface area (Å²) in [5.41, 5.74) is 0.227. The molecule has 0 radical (unpaired) electrons. The van der Waals surface area contributed by atoms with Crippen LogP contribution in [0.2, 0.25) is 5.02 Å². The van der Waals surface area contributed by atoms with E-state index in [9.17, 15) is 14.9 Å². The van der Waals surface area contributed by atoms with Gasteiger partial charge in [-0.15, -0.1) is 0 Å². The van der Waals surface area contributed by atoms with Crippen molar-refractivity contribution in [1.82, 2.24) is 0 Å². The summed E-state index contributed by atoms with van der Waals surface area (Å²) in [6.45, 7) is 0. The average Bonchev–Trinajstić information content (AvgIpc) is 2.38. The Bertz CT molecular complexity index is 691. The first-order valence-corrected chi connectivity index (χ1v) is 6.94. The molecule has 0 aliphatic rings. The number of nitrogens with zero attached hydrogens (tertiary/aromatic N) is 1. The van der Waals surface area contributed by atoms with Crippen molar-refractivity contribution in [2.24, 2.45) is 0 Å². The largest absolute Gasteiger partial charge is 0.322 e. The van der Waals surface area contributed by atoms with Crippen LogP contribution in [0.1, 0.15) is 10.4 Å². The van der Waals surface area contributed by atoms with Crippen molar-refractivity contribution in [1.29, 1.82) is 0 Å². The van der Waals surface area contributed by atoms with Gasteiger partial charge in [0.05, 0.1) is 4.92 Å². The van der Waals surface area contributed by atoms with Crippen LogP contribution in [0.4, 0.5) is 11.4 Å². The van der Waals surface area contributed by atoms with Gasteiger partial charge in [0.2, 0.25) is 0 Å². The topological polar surface area (TPSA) is 72.2 Å². The molecule has 0 fully saturated rings. The van der Waals surface area contributed by atoms with Crippen molar-refractivity contribution < 1.29 is 9.72 Å². The Balaban J connectivity index is 2.32. The third-order valence-corrected chi connectivity index (χ3v) is 3.39. The van der Waals surface area contributed by atoms with Crippen molar-refractivity contribution >= 4 is 51.5 Å². The number of benzene rings is 2. The van der Waals surface area contributed by atoms with E-state index < -0.39 is 10.8 Å². The van der Waals surface area contributed by atoms with Gasteiger partial charge < -0.3 is 5.32 Å². The fraction of sp³-hybridized carbons (Fsp3) is 0. The van der Waals surface area contributed by atoms with E-state index in [1.54, 1.807) is 18.2 Å². The van der Waals surface area contributed by atoms with Crippen LogP contribution in [-0.2, 0) is 0 Å². The summed E-state index contributed by atoms with van der Waals surface area (Å²) in [6.07, 6.45) is 0. The molecule has 0 atom stereocenters. The van der Waals surface area contributed by atoms with Crippen LogP contribution in [0.3, 0.4) is 0 Å². The summed E-state index contributed by atoms with van der Waals surface area (Å²) < 4.78 is 0.950. The average molecular weight is 403 g/mol. The van der Waals surface area contributed by atoms with Crippen LogP contribution in [0, 0.1) is 13.7 Å². The smallest absolute Gasteiger partial charge is 0.283 e. The molecule has 2 aromatic carbocycles. The van der Waals surface area contributed by atoms with Gasteiger partial charge in [0.25, 0.3) is 11.6 Å². The van der Waals surface area contributed by atoms with Gasteiger partial charge in [0.15, 0.2) is 0 Å². The number of amides is 1. The summed E-state index contributed by atoms with van der Waals surface area (Å²) in [5, 5.41) is 13.8. The number of nitrogens with one attached hydrogen (secondary N) is 1. The Labute approximate surface area is 133 Å². The van der Waals surface area contributed by atoms with Gasteiger partial charge in [-0.2, -0.15) is 0 Å². The lowest BCUT2D eigenvalue weighted by atomic mass is 10.1. The molecule has 0 saturated heterocycles. The molecule has 0 unspecified atom stereocenters. The molecular formula is C13H8ClIN2O3. The van der Waals surface area contributed by atoms with Crippen LogP contribution in [0.5, 0.6) is 0 Å². The van der Waals surface area contributed by atoms with Crippen molar-refractivity contribution in [3.63, 3.8) is 0 Å². The van der Waals surface area contributed by atoms with E-state index in [1.165, 1.54) is 12.1 Å². The number of halogens is 2. The first kappa shape index (κ1) is 14.7. The van der Waals surface area contributed by atoms with Crippen LogP contribution in [0.15, 0.2) is 42.5 Å². The molecule has 2 aromatic rings. The highest BCUT2D eigenvalue weighted by Crippen LogP contribution is 2.24. The third-order valence-electron chi connectivity index (χ3n) is 2.48. The van der Waals surface area contributed by atoms with Gasteiger partial charge in [0.1, 0.15) is 5.56 Å². The Morgan fingerprint density at radius 3 is 2.65 bits per heavy atom. The molecule has 102 valence electrons. The second-order valence-electron chi connectivity index (χ2n) is 3.88. The minimum absolute atomic E-state index is 0.0294. The molecule has 1 amide bonds. The molecule has 0 spiro atoms. The minimum Gasteiger partial charge on any atom is -0.322 e. The summed E-state index contributed by atoms with van der Waals surface area (Å²) in [7, 11) is 0. The molecule has 0 saturated carbocycles. The number of anilines is 1. The standard InChI is InChI=1S/C13H8ClIN2O3/c14-8-4-5-11(12(6-8)17(19)20)13(18)16-10-3-1-2-9(15)7-10/h1-7H,(H,16,18). The molecule has 0 aliphatic carbocycles. The Morgan fingerprint density at radius 1 is 1.25 bits per heavy atom. The molecule has 0 bridgehead atoms. The molecule has 7 heteroatoms. The lowest BCUT2D eigenvalue weighted by Crippen LogP contribution is -2.14. The van der Waals surface area contributed by atoms with Crippen LogP contribution in [-0.4, -0.2) is 10.8 Å². The van der Waals surface area contributed by atoms with Gasteiger partial charge in [-0.25, -0.2) is 0 Å². The summed E-state index contributed by atoms with van der Waals surface area (Å²) in [6, 6.07) is 11.1. The fourth-order valence-electron chi connectivity index (χ4n) is 1.61. The lowest BCUT2D eigenvalue weighted by Gasteiger charge is -2.06. The summed E-state index contributed by atoms with van der Waals surface area (Å²) >= 11 is 7.82. The van der Waals surface area contributed by atoms with Gasteiger partial charge in [-0.1, -0.05) is 17.7 Å². The van der Waals surface area contributed by atoms with E-state index in [0.717, 1.165) is 9.64 Å². The number of nitro benzene ring substituents is 1. The highest BCUT2D eigenvalue weighted by molar-refractivity contribution is 14.1. The Hall–Kier alpha value is -1.67. The van der Waals surface area contributed by atoms with Crippen LogP contribution >= 0.6 is 34.2 Å². The monoisotopic (exact) mass is 402 g/mol.